The van der Waals surface area contributed by atoms with Gasteiger partial charge in [0.15, 0.2) is 5.82 Å². The summed E-state index contributed by atoms with van der Waals surface area (Å²) in [6.07, 6.45) is -3.37. The number of pyridine rings is 1. The molecule has 0 aliphatic carbocycles. The number of hydrogen-bond donors (Lipinski definition) is 1. The minimum atomic E-state index is -4.36. The molecule has 0 amide bonds. The zero-order chi connectivity index (χ0) is 14.5. The van der Waals surface area contributed by atoms with Gasteiger partial charge in [-0.2, -0.15) is 13.2 Å². The molecule has 20 heavy (non-hydrogen) atoms. The molecule has 7 heteroatoms. The van der Waals surface area contributed by atoms with Crippen molar-refractivity contribution >= 4 is 11.5 Å². The van der Waals surface area contributed by atoms with Crippen molar-refractivity contribution in [2.24, 2.45) is 0 Å². The summed E-state index contributed by atoms with van der Waals surface area (Å²) in [4.78, 5) is 8.19. The lowest BCUT2D eigenvalue weighted by Crippen LogP contribution is -2.57. The summed E-state index contributed by atoms with van der Waals surface area (Å²) < 4.78 is 38.6. The van der Waals surface area contributed by atoms with E-state index in [-0.39, 0.29) is 12.2 Å². The van der Waals surface area contributed by atoms with Crippen molar-refractivity contribution in [2.45, 2.75) is 32.2 Å². The van der Waals surface area contributed by atoms with E-state index in [9.17, 15) is 13.2 Å². The number of halogens is 3. The van der Waals surface area contributed by atoms with E-state index in [1.165, 1.54) is 6.07 Å². The average molecular weight is 286 g/mol. The third kappa shape index (κ3) is 2.00. The number of nitrogens with zero attached hydrogens (tertiary/aromatic N) is 3. The van der Waals surface area contributed by atoms with E-state index >= 15 is 0 Å². The van der Waals surface area contributed by atoms with Crippen molar-refractivity contribution < 1.29 is 13.2 Å². The second-order valence-corrected chi connectivity index (χ2v) is 5.44. The summed E-state index contributed by atoms with van der Waals surface area (Å²) in [6, 6.07) is 1.34. The van der Waals surface area contributed by atoms with E-state index in [0.29, 0.717) is 11.5 Å². The topological polar surface area (TPSA) is 31.4 Å². The highest BCUT2D eigenvalue weighted by Crippen LogP contribution is 2.42. The molecule has 1 fully saturated rings. The van der Waals surface area contributed by atoms with Gasteiger partial charge in [-0.15, -0.1) is 0 Å². The van der Waals surface area contributed by atoms with Crippen molar-refractivity contribution in [3.8, 4) is 0 Å². The first-order valence-corrected chi connectivity index (χ1v) is 6.72. The normalized spacial score (nSPS) is 22.2. The summed E-state index contributed by atoms with van der Waals surface area (Å²) in [5.41, 5.74) is -0.0989. The van der Waals surface area contributed by atoms with E-state index in [1.54, 1.807) is 0 Å². The minimum absolute atomic E-state index is 0.0507. The fourth-order valence-electron chi connectivity index (χ4n) is 2.98. The fraction of sp³-hybridized carbons (Fsp3) is 0.615. The van der Waals surface area contributed by atoms with Gasteiger partial charge in [0, 0.05) is 31.9 Å². The van der Waals surface area contributed by atoms with E-state index in [4.69, 9.17) is 0 Å². The van der Waals surface area contributed by atoms with Gasteiger partial charge < -0.3 is 15.1 Å². The Morgan fingerprint density at radius 3 is 2.80 bits per heavy atom. The molecule has 0 saturated carbocycles. The molecule has 0 bridgehead atoms. The Kier molecular flexibility index (Phi) is 3.04. The SMILES string of the molecule is CC(C)N1c2cc(C(F)(F)F)cnc2N2CCNC[C@@H]21. The lowest BCUT2D eigenvalue weighted by Gasteiger charge is -2.38. The predicted octanol–water partition coefficient (Wildman–Crippen LogP) is 2.06. The van der Waals surface area contributed by atoms with Gasteiger partial charge in [-0.3, -0.25) is 0 Å². The molecule has 0 radical (unpaired) electrons. The predicted molar refractivity (Wildman–Crippen MR) is 70.9 cm³/mol. The highest BCUT2D eigenvalue weighted by molar-refractivity contribution is 5.75. The van der Waals surface area contributed by atoms with Crippen molar-refractivity contribution in [1.29, 1.82) is 0 Å². The van der Waals surface area contributed by atoms with Crippen molar-refractivity contribution in [2.75, 3.05) is 29.4 Å². The number of nitrogens with one attached hydrogen (secondary N) is 1. The molecular weight excluding hydrogens is 269 g/mol. The molecule has 1 saturated heterocycles. The van der Waals surface area contributed by atoms with Crippen LogP contribution < -0.4 is 15.1 Å². The number of fused-ring (bicyclic) bond motifs is 3. The maximum Gasteiger partial charge on any atom is 0.417 e. The van der Waals surface area contributed by atoms with Crippen LogP contribution in [0.2, 0.25) is 0 Å². The van der Waals surface area contributed by atoms with Gasteiger partial charge in [0.1, 0.15) is 6.17 Å². The van der Waals surface area contributed by atoms with Crippen molar-refractivity contribution in [1.82, 2.24) is 10.3 Å². The van der Waals surface area contributed by atoms with Crippen LogP contribution in [0.5, 0.6) is 0 Å². The third-order valence-corrected chi connectivity index (χ3v) is 3.82. The summed E-state index contributed by atoms with van der Waals surface area (Å²) in [6.45, 7) is 6.30. The van der Waals surface area contributed by atoms with E-state index < -0.39 is 11.7 Å². The number of piperazine rings is 1. The monoisotopic (exact) mass is 286 g/mol. The standard InChI is InChI=1S/C13H17F3N4/c1-8(2)20-10-5-9(13(14,15)16)6-18-12(10)19-4-3-17-7-11(19)20/h5-6,8,11,17H,3-4,7H2,1-2H3/t11-/m0/s1. The Labute approximate surface area is 115 Å². The Hall–Kier alpha value is -1.50. The van der Waals surface area contributed by atoms with Gasteiger partial charge in [-0.25, -0.2) is 4.98 Å². The molecule has 1 atom stereocenters. The van der Waals surface area contributed by atoms with Gasteiger partial charge in [0.25, 0.3) is 0 Å². The summed E-state index contributed by atoms with van der Waals surface area (Å²) in [7, 11) is 0. The van der Waals surface area contributed by atoms with Crippen molar-refractivity contribution in [3.05, 3.63) is 17.8 Å². The molecule has 0 unspecified atom stereocenters. The molecular formula is C13H17F3N4. The molecule has 4 nitrogen and oxygen atoms in total. The van der Waals surface area contributed by atoms with Gasteiger partial charge in [-0.05, 0) is 19.9 Å². The van der Waals surface area contributed by atoms with Crippen LogP contribution in [0.4, 0.5) is 24.7 Å². The summed E-state index contributed by atoms with van der Waals surface area (Å²) >= 11 is 0. The number of alkyl halides is 3. The average Bonchev–Trinajstić information content (AvgIpc) is 2.71. The molecule has 1 aromatic heterocycles. The molecule has 2 aliphatic rings. The van der Waals surface area contributed by atoms with Gasteiger partial charge in [0.05, 0.1) is 11.3 Å². The fourth-order valence-corrected chi connectivity index (χ4v) is 2.98. The Morgan fingerprint density at radius 2 is 2.15 bits per heavy atom. The van der Waals surface area contributed by atoms with Crippen LogP contribution in [0, 0.1) is 0 Å². The molecule has 3 heterocycles. The van der Waals surface area contributed by atoms with E-state index in [0.717, 1.165) is 25.8 Å². The van der Waals surface area contributed by atoms with Crippen LogP contribution >= 0.6 is 0 Å². The summed E-state index contributed by atoms with van der Waals surface area (Å²) in [5, 5.41) is 3.29. The number of aromatic nitrogens is 1. The van der Waals surface area contributed by atoms with Crippen LogP contribution in [0.3, 0.4) is 0 Å². The number of anilines is 2. The number of hydrogen-bond acceptors (Lipinski definition) is 4. The largest absolute Gasteiger partial charge is 0.417 e. The first-order chi connectivity index (χ1) is 9.39. The minimum Gasteiger partial charge on any atom is -0.345 e. The van der Waals surface area contributed by atoms with Crippen molar-refractivity contribution in [3.63, 3.8) is 0 Å². The maximum atomic E-state index is 12.9. The number of rotatable bonds is 1. The second-order valence-electron chi connectivity index (χ2n) is 5.44. The zero-order valence-corrected chi connectivity index (χ0v) is 11.4. The third-order valence-electron chi connectivity index (χ3n) is 3.82. The quantitative estimate of drug-likeness (QED) is 0.856. The first-order valence-electron chi connectivity index (χ1n) is 6.72. The second kappa shape index (κ2) is 4.51. The summed E-state index contributed by atoms with van der Waals surface area (Å²) in [5.74, 6) is 0.665. The van der Waals surface area contributed by atoms with Crippen LogP contribution in [0.1, 0.15) is 19.4 Å². The Bertz CT molecular complexity index is 515. The molecule has 0 aromatic carbocycles. The van der Waals surface area contributed by atoms with Gasteiger partial charge in [-0.1, -0.05) is 0 Å². The first kappa shape index (κ1) is 13.5. The van der Waals surface area contributed by atoms with Gasteiger partial charge >= 0.3 is 6.18 Å². The maximum absolute atomic E-state index is 12.9. The molecule has 2 aliphatic heterocycles. The van der Waals surface area contributed by atoms with Crippen LogP contribution in [0.15, 0.2) is 12.3 Å². The molecule has 0 spiro atoms. The highest BCUT2D eigenvalue weighted by atomic mass is 19.4. The van der Waals surface area contributed by atoms with E-state index in [1.807, 2.05) is 18.7 Å². The van der Waals surface area contributed by atoms with Crippen LogP contribution in [0.25, 0.3) is 0 Å². The lowest BCUT2D eigenvalue weighted by atomic mass is 10.2. The smallest absolute Gasteiger partial charge is 0.345 e. The molecule has 3 rings (SSSR count). The lowest BCUT2D eigenvalue weighted by molar-refractivity contribution is -0.137. The molecule has 110 valence electrons. The highest BCUT2D eigenvalue weighted by Gasteiger charge is 2.41. The Morgan fingerprint density at radius 1 is 1.40 bits per heavy atom. The van der Waals surface area contributed by atoms with Gasteiger partial charge in [0.2, 0.25) is 0 Å². The van der Waals surface area contributed by atoms with Crippen LogP contribution in [-0.2, 0) is 6.18 Å². The van der Waals surface area contributed by atoms with Crippen LogP contribution in [-0.4, -0.2) is 36.8 Å². The zero-order valence-electron chi connectivity index (χ0n) is 11.4. The molecule has 1 aromatic rings. The molecule has 1 N–H and O–H groups in total. The van der Waals surface area contributed by atoms with E-state index in [2.05, 4.69) is 15.2 Å². The Balaban J connectivity index is 2.08.